The summed E-state index contributed by atoms with van der Waals surface area (Å²) < 4.78 is 1.63. The Bertz CT molecular complexity index is 622. The topological polar surface area (TPSA) is 75.4 Å². The molecule has 21 heavy (non-hydrogen) atoms. The number of carboxylic acid groups (broad SMARTS) is 1. The van der Waals surface area contributed by atoms with Crippen molar-refractivity contribution in [2.24, 2.45) is 0 Å². The maximum atomic E-state index is 12.4. The van der Waals surface area contributed by atoms with Crippen LogP contribution in [0.2, 0.25) is 0 Å². The first-order valence-electron chi connectivity index (χ1n) is 6.67. The number of amides is 1. The van der Waals surface area contributed by atoms with Crippen molar-refractivity contribution in [3.05, 3.63) is 53.9 Å². The van der Waals surface area contributed by atoms with Gasteiger partial charge in [-0.25, -0.2) is 0 Å². The number of aromatic nitrogens is 2. The Labute approximate surface area is 122 Å². The third kappa shape index (κ3) is 3.92. The van der Waals surface area contributed by atoms with E-state index in [1.54, 1.807) is 10.9 Å². The Morgan fingerprint density at radius 3 is 2.57 bits per heavy atom. The molecular formula is C15H17N3O3. The molecule has 0 unspecified atom stereocenters. The van der Waals surface area contributed by atoms with Crippen molar-refractivity contribution in [2.45, 2.75) is 20.0 Å². The smallest absolute Gasteiger partial charge is 0.323 e. The van der Waals surface area contributed by atoms with Gasteiger partial charge < -0.3 is 10.0 Å². The molecule has 0 fully saturated rings. The van der Waals surface area contributed by atoms with Crippen LogP contribution in [0.4, 0.5) is 0 Å². The molecule has 0 aliphatic heterocycles. The second-order valence-corrected chi connectivity index (χ2v) is 4.63. The highest BCUT2D eigenvalue weighted by Gasteiger charge is 2.20. The van der Waals surface area contributed by atoms with E-state index in [0.717, 1.165) is 5.56 Å². The Morgan fingerprint density at radius 1 is 1.29 bits per heavy atom. The highest BCUT2D eigenvalue weighted by molar-refractivity contribution is 5.95. The van der Waals surface area contributed by atoms with E-state index in [4.69, 9.17) is 5.11 Å². The molecule has 6 heteroatoms. The van der Waals surface area contributed by atoms with E-state index in [0.29, 0.717) is 12.1 Å². The number of benzene rings is 1. The molecule has 6 nitrogen and oxygen atoms in total. The molecule has 0 spiro atoms. The van der Waals surface area contributed by atoms with E-state index in [2.05, 4.69) is 5.10 Å². The van der Waals surface area contributed by atoms with E-state index in [9.17, 15) is 9.59 Å². The summed E-state index contributed by atoms with van der Waals surface area (Å²) in [5.74, 6) is -1.37. The van der Waals surface area contributed by atoms with Gasteiger partial charge in [0.25, 0.3) is 5.91 Å². The SMILES string of the molecule is CCn1cc(C(=O)N(CC(=O)O)Cc2ccccc2)cn1. The van der Waals surface area contributed by atoms with Crippen molar-refractivity contribution in [1.29, 1.82) is 0 Å². The molecule has 0 saturated heterocycles. The van der Waals surface area contributed by atoms with Crippen LogP contribution in [-0.2, 0) is 17.9 Å². The van der Waals surface area contributed by atoms with Crippen LogP contribution in [0.15, 0.2) is 42.7 Å². The normalized spacial score (nSPS) is 10.3. The largest absolute Gasteiger partial charge is 0.480 e. The molecule has 0 bridgehead atoms. The molecular weight excluding hydrogens is 270 g/mol. The van der Waals surface area contributed by atoms with Gasteiger partial charge in [0, 0.05) is 19.3 Å². The lowest BCUT2D eigenvalue weighted by Crippen LogP contribution is -2.35. The van der Waals surface area contributed by atoms with Gasteiger partial charge in [-0.15, -0.1) is 0 Å². The number of rotatable bonds is 6. The number of aryl methyl sites for hydroxylation is 1. The number of nitrogens with zero attached hydrogens (tertiary/aromatic N) is 3. The maximum absolute atomic E-state index is 12.4. The van der Waals surface area contributed by atoms with E-state index in [1.807, 2.05) is 37.3 Å². The standard InChI is InChI=1S/C15H17N3O3/c1-2-18-10-13(8-16-18)15(21)17(11-14(19)20)9-12-6-4-3-5-7-12/h3-8,10H,2,9,11H2,1H3,(H,19,20). The molecule has 0 aliphatic carbocycles. The summed E-state index contributed by atoms with van der Waals surface area (Å²) in [6.45, 7) is 2.49. The van der Waals surface area contributed by atoms with Gasteiger partial charge in [0.15, 0.2) is 0 Å². The molecule has 0 aliphatic rings. The highest BCUT2D eigenvalue weighted by atomic mass is 16.4. The fourth-order valence-corrected chi connectivity index (χ4v) is 2.00. The van der Waals surface area contributed by atoms with Crippen LogP contribution < -0.4 is 0 Å². The quantitative estimate of drug-likeness (QED) is 0.876. The summed E-state index contributed by atoms with van der Waals surface area (Å²) in [5, 5.41) is 13.0. The molecule has 2 rings (SSSR count). The van der Waals surface area contributed by atoms with E-state index in [-0.39, 0.29) is 19.0 Å². The Hall–Kier alpha value is -2.63. The molecule has 110 valence electrons. The number of aliphatic carboxylic acids is 1. The Balaban J connectivity index is 2.18. The van der Waals surface area contributed by atoms with Crippen molar-refractivity contribution >= 4 is 11.9 Å². The van der Waals surface area contributed by atoms with Gasteiger partial charge in [0.1, 0.15) is 6.54 Å². The van der Waals surface area contributed by atoms with Gasteiger partial charge in [-0.2, -0.15) is 5.10 Å². The van der Waals surface area contributed by atoms with Crippen LogP contribution in [0, 0.1) is 0 Å². The Kier molecular flexibility index (Phi) is 4.71. The molecule has 1 N–H and O–H groups in total. The van der Waals surface area contributed by atoms with Gasteiger partial charge in [-0.1, -0.05) is 30.3 Å². The van der Waals surface area contributed by atoms with Gasteiger partial charge in [0.05, 0.1) is 11.8 Å². The average Bonchev–Trinajstić information content (AvgIpc) is 2.95. The van der Waals surface area contributed by atoms with Gasteiger partial charge in [-0.05, 0) is 12.5 Å². The minimum atomic E-state index is -1.04. The van der Waals surface area contributed by atoms with E-state index in [1.165, 1.54) is 11.1 Å². The molecule has 1 amide bonds. The van der Waals surface area contributed by atoms with Gasteiger partial charge in [0.2, 0.25) is 0 Å². The van der Waals surface area contributed by atoms with Crippen LogP contribution in [0.3, 0.4) is 0 Å². The molecule has 2 aromatic rings. The second kappa shape index (κ2) is 6.69. The van der Waals surface area contributed by atoms with Crippen molar-refractivity contribution in [3.63, 3.8) is 0 Å². The lowest BCUT2D eigenvalue weighted by molar-refractivity contribution is -0.137. The zero-order valence-electron chi connectivity index (χ0n) is 11.8. The minimum Gasteiger partial charge on any atom is -0.480 e. The Morgan fingerprint density at radius 2 is 2.00 bits per heavy atom. The summed E-state index contributed by atoms with van der Waals surface area (Å²) in [5.41, 5.74) is 1.28. The summed E-state index contributed by atoms with van der Waals surface area (Å²) in [6.07, 6.45) is 3.09. The molecule has 0 atom stereocenters. The summed E-state index contributed by atoms with van der Waals surface area (Å²) >= 11 is 0. The average molecular weight is 287 g/mol. The second-order valence-electron chi connectivity index (χ2n) is 4.63. The zero-order chi connectivity index (χ0) is 15.2. The molecule has 1 aromatic carbocycles. The monoisotopic (exact) mass is 287 g/mol. The first-order chi connectivity index (χ1) is 10.1. The third-order valence-electron chi connectivity index (χ3n) is 3.03. The zero-order valence-corrected chi connectivity index (χ0v) is 11.8. The predicted octanol–water partition coefficient (Wildman–Crippen LogP) is 1.63. The maximum Gasteiger partial charge on any atom is 0.323 e. The van der Waals surface area contributed by atoms with Crippen LogP contribution in [-0.4, -0.2) is 38.2 Å². The first-order valence-corrected chi connectivity index (χ1v) is 6.67. The van der Waals surface area contributed by atoms with E-state index >= 15 is 0 Å². The minimum absolute atomic E-state index is 0.253. The van der Waals surface area contributed by atoms with Crippen molar-refractivity contribution in [1.82, 2.24) is 14.7 Å². The third-order valence-corrected chi connectivity index (χ3v) is 3.03. The number of hydrogen-bond acceptors (Lipinski definition) is 3. The van der Waals surface area contributed by atoms with Crippen LogP contribution in [0.5, 0.6) is 0 Å². The molecule has 0 saturated carbocycles. The van der Waals surface area contributed by atoms with Crippen molar-refractivity contribution in [2.75, 3.05) is 6.54 Å². The number of carbonyl (C=O) groups excluding carboxylic acids is 1. The predicted molar refractivity (Wildman–Crippen MR) is 76.7 cm³/mol. The molecule has 1 aromatic heterocycles. The molecule has 0 radical (unpaired) electrons. The van der Waals surface area contributed by atoms with Crippen LogP contribution in [0.25, 0.3) is 0 Å². The van der Waals surface area contributed by atoms with Crippen LogP contribution in [0.1, 0.15) is 22.8 Å². The molecule has 1 heterocycles. The fraction of sp³-hybridized carbons (Fsp3) is 0.267. The van der Waals surface area contributed by atoms with Gasteiger partial charge in [-0.3, -0.25) is 14.3 Å². The fourth-order valence-electron chi connectivity index (χ4n) is 2.00. The lowest BCUT2D eigenvalue weighted by atomic mass is 10.2. The van der Waals surface area contributed by atoms with Crippen LogP contribution >= 0.6 is 0 Å². The van der Waals surface area contributed by atoms with Crippen molar-refractivity contribution < 1.29 is 14.7 Å². The summed E-state index contributed by atoms with van der Waals surface area (Å²) in [7, 11) is 0. The highest BCUT2D eigenvalue weighted by Crippen LogP contribution is 2.09. The van der Waals surface area contributed by atoms with Crippen molar-refractivity contribution in [3.8, 4) is 0 Å². The summed E-state index contributed by atoms with van der Waals surface area (Å²) in [4.78, 5) is 24.7. The van der Waals surface area contributed by atoms with E-state index < -0.39 is 5.97 Å². The summed E-state index contributed by atoms with van der Waals surface area (Å²) in [6, 6.07) is 9.30. The van der Waals surface area contributed by atoms with Gasteiger partial charge >= 0.3 is 5.97 Å². The lowest BCUT2D eigenvalue weighted by Gasteiger charge is -2.20. The number of carbonyl (C=O) groups is 2. The number of carboxylic acids is 1. The first kappa shape index (κ1) is 14.8. The number of hydrogen-bond donors (Lipinski definition) is 1.